The Bertz CT molecular complexity index is 1580. The summed E-state index contributed by atoms with van der Waals surface area (Å²) in [5.74, 6) is -2.17. The van der Waals surface area contributed by atoms with E-state index in [-0.39, 0.29) is 49.9 Å². The second-order valence-corrected chi connectivity index (χ2v) is 14.7. The SMILES string of the molecule is COc1ccc(C[C@H]2NC(=O)/C=C\C[C@@H]([C@H](C)[C@H]3OC3c3ccc(Cl)cc3C)OC(=O)[C@H](CC(C)C)OC(=O)C(C)(C)CNC2=O)cc1Cl. The molecule has 2 aliphatic heterocycles. The van der Waals surface area contributed by atoms with Crippen molar-refractivity contribution >= 4 is 47.0 Å². The van der Waals surface area contributed by atoms with Crippen LogP contribution in [0.2, 0.25) is 10.0 Å². The summed E-state index contributed by atoms with van der Waals surface area (Å²) < 4.78 is 23.2. The molecule has 4 rings (SSSR count). The number of methoxy groups -OCH3 is 1. The number of carbonyl (C=O) groups excluding carboxylic acids is 4. The third-order valence-corrected chi connectivity index (χ3v) is 9.35. The molecular formula is C37H46Cl2N2O8. The Hall–Kier alpha value is -3.60. The summed E-state index contributed by atoms with van der Waals surface area (Å²) in [6.45, 7) is 10.8. The fourth-order valence-electron chi connectivity index (χ4n) is 5.76. The number of rotatable bonds is 8. The van der Waals surface area contributed by atoms with Gasteiger partial charge in [0, 0.05) is 30.3 Å². The van der Waals surface area contributed by atoms with E-state index in [1.807, 2.05) is 45.9 Å². The number of hydrogen-bond donors (Lipinski definition) is 2. The van der Waals surface area contributed by atoms with Crippen molar-refractivity contribution in [2.75, 3.05) is 13.7 Å². The van der Waals surface area contributed by atoms with E-state index in [0.29, 0.717) is 21.4 Å². The number of ether oxygens (including phenoxy) is 4. The lowest BCUT2D eigenvalue weighted by atomic mass is 9.92. The molecule has 266 valence electrons. The minimum Gasteiger partial charge on any atom is -0.495 e. The van der Waals surface area contributed by atoms with Crippen molar-refractivity contribution in [1.82, 2.24) is 10.6 Å². The maximum absolute atomic E-state index is 13.7. The zero-order chi connectivity index (χ0) is 36.0. The van der Waals surface area contributed by atoms with Gasteiger partial charge >= 0.3 is 11.9 Å². The lowest BCUT2D eigenvalue weighted by Crippen LogP contribution is -2.51. The largest absolute Gasteiger partial charge is 0.495 e. The summed E-state index contributed by atoms with van der Waals surface area (Å²) in [5.41, 5.74) is 1.46. The first-order valence-corrected chi connectivity index (χ1v) is 17.3. The van der Waals surface area contributed by atoms with Crippen molar-refractivity contribution in [3.63, 3.8) is 0 Å². The van der Waals surface area contributed by atoms with Gasteiger partial charge in [-0.25, -0.2) is 4.79 Å². The third kappa shape index (κ3) is 10.2. The number of aryl methyl sites for hydroxylation is 1. The molecule has 1 unspecified atom stereocenters. The number of amides is 2. The maximum Gasteiger partial charge on any atom is 0.347 e. The van der Waals surface area contributed by atoms with Gasteiger partial charge in [-0.3, -0.25) is 14.4 Å². The van der Waals surface area contributed by atoms with Crippen LogP contribution in [-0.4, -0.2) is 61.8 Å². The zero-order valence-electron chi connectivity index (χ0n) is 29.0. The third-order valence-electron chi connectivity index (χ3n) is 8.82. The van der Waals surface area contributed by atoms with Crippen LogP contribution in [0.3, 0.4) is 0 Å². The molecule has 2 aromatic carbocycles. The average molecular weight is 718 g/mol. The predicted molar refractivity (Wildman–Crippen MR) is 186 cm³/mol. The standard InChI is InChI=1S/C37H46Cl2N2O8/c1-20(2)15-30-35(44)47-28(22(4)32-33(49-32)25-13-12-24(38)16-21(25)3)9-8-10-31(42)41-27(18-23-11-14-29(46-7)26(39)17-23)34(43)40-19-37(5,6)36(45)48-30/h8,10-14,16-17,20,22,27-28,30,32-33H,9,15,18-19H2,1-7H3,(H,40,43)(H,41,42)/b10-8-/t22-,27+,28-,30-,32+,33?/m0/s1. The fourth-order valence-corrected chi connectivity index (χ4v) is 6.27. The Labute approximate surface area is 298 Å². The van der Waals surface area contributed by atoms with Crippen molar-refractivity contribution in [2.45, 2.75) is 91.3 Å². The molecule has 6 atom stereocenters. The number of esters is 2. The van der Waals surface area contributed by atoms with Gasteiger partial charge in [0.25, 0.3) is 0 Å². The first-order valence-electron chi connectivity index (χ1n) is 16.5. The molecule has 0 radical (unpaired) electrons. The van der Waals surface area contributed by atoms with Crippen molar-refractivity contribution in [3.8, 4) is 5.75 Å². The van der Waals surface area contributed by atoms with E-state index in [1.165, 1.54) is 13.2 Å². The Morgan fingerprint density at radius 3 is 2.41 bits per heavy atom. The van der Waals surface area contributed by atoms with Gasteiger partial charge in [-0.05, 0) is 80.1 Å². The normalized spacial score (nSPS) is 26.2. The van der Waals surface area contributed by atoms with Crippen LogP contribution in [0.5, 0.6) is 5.75 Å². The van der Waals surface area contributed by atoms with E-state index in [2.05, 4.69) is 10.6 Å². The van der Waals surface area contributed by atoms with E-state index < -0.39 is 47.4 Å². The highest BCUT2D eigenvalue weighted by atomic mass is 35.5. The van der Waals surface area contributed by atoms with E-state index in [1.54, 1.807) is 38.1 Å². The summed E-state index contributed by atoms with van der Waals surface area (Å²) in [6, 6.07) is 9.73. The summed E-state index contributed by atoms with van der Waals surface area (Å²) in [4.78, 5) is 53.8. The minimum atomic E-state index is -1.21. The molecular weight excluding hydrogens is 671 g/mol. The lowest BCUT2D eigenvalue weighted by molar-refractivity contribution is -0.179. The molecule has 1 saturated heterocycles. The van der Waals surface area contributed by atoms with E-state index in [4.69, 9.17) is 42.1 Å². The second kappa shape index (κ2) is 16.4. The molecule has 12 heteroatoms. The first-order chi connectivity index (χ1) is 23.1. The molecule has 2 amide bonds. The van der Waals surface area contributed by atoms with Gasteiger partial charge in [0.1, 0.15) is 24.0 Å². The highest BCUT2D eigenvalue weighted by molar-refractivity contribution is 6.32. The Morgan fingerprint density at radius 1 is 1.02 bits per heavy atom. The van der Waals surface area contributed by atoms with Crippen LogP contribution in [0, 0.1) is 24.2 Å². The van der Waals surface area contributed by atoms with Crippen molar-refractivity contribution < 1.29 is 38.1 Å². The van der Waals surface area contributed by atoms with Crippen LogP contribution in [0.4, 0.5) is 0 Å². The number of epoxide rings is 1. The molecule has 2 aromatic rings. The summed E-state index contributed by atoms with van der Waals surface area (Å²) in [5, 5.41) is 6.53. The van der Waals surface area contributed by atoms with Gasteiger partial charge < -0.3 is 29.6 Å². The Kier molecular flexibility index (Phi) is 12.8. The number of nitrogens with one attached hydrogen (secondary N) is 2. The van der Waals surface area contributed by atoms with Gasteiger partial charge in [0.2, 0.25) is 11.8 Å². The van der Waals surface area contributed by atoms with Gasteiger partial charge in [0.15, 0.2) is 6.10 Å². The molecule has 2 heterocycles. The molecule has 0 bridgehead atoms. The molecule has 0 spiro atoms. The van der Waals surface area contributed by atoms with Crippen molar-refractivity contribution in [1.29, 1.82) is 0 Å². The monoisotopic (exact) mass is 716 g/mol. The predicted octanol–water partition coefficient (Wildman–Crippen LogP) is 6.09. The van der Waals surface area contributed by atoms with Gasteiger partial charge in [-0.1, -0.05) is 62.2 Å². The molecule has 0 aliphatic carbocycles. The van der Waals surface area contributed by atoms with Gasteiger partial charge in [0.05, 0.1) is 23.7 Å². The van der Waals surface area contributed by atoms with Crippen LogP contribution in [0.1, 0.15) is 70.3 Å². The van der Waals surface area contributed by atoms with Crippen LogP contribution >= 0.6 is 23.2 Å². The molecule has 1 fully saturated rings. The number of hydrogen-bond acceptors (Lipinski definition) is 8. The number of carbonyl (C=O) groups is 4. The molecule has 2 N–H and O–H groups in total. The van der Waals surface area contributed by atoms with Crippen LogP contribution in [-0.2, 0) is 39.8 Å². The Morgan fingerprint density at radius 2 is 1.76 bits per heavy atom. The summed E-state index contributed by atoms with van der Waals surface area (Å²) in [6.07, 6.45) is 1.11. The van der Waals surface area contributed by atoms with E-state index in [0.717, 1.165) is 11.1 Å². The minimum absolute atomic E-state index is 0.00877. The van der Waals surface area contributed by atoms with E-state index in [9.17, 15) is 19.2 Å². The molecule has 0 saturated carbocycles. The Balaban J connectivity index is 1.62. The fraction of sp³-hybridized carbons (Fsp3) is 0.514. The van der Waals surface area contributed by atoms with Crippen LogP contribution < -0.4 is 15.4 Å². The highest BCUT2D eigenvalue weighted by Gasteiger charge is 2.48. The molecule has 10 nitrogen and oxygen atoms in total. The topological polar surface area (TPSA) is 133 Å². The maximum atomic E-state index is 13.7. The summed E-state index contributed by atoms with van der Waals surface area (Å²) >= 11 is 12.5. The lowest BCUT2D eigenvalue weighted by Gasteiger charge is -2.29. The number of cyclic esters (lactones) is 2. The van der Waals surface area contributed by atoms with Gasteiger partial charge in [-0.15, -0.1) is 0 Å². The van der Waals surface area contributed by atoms with Crippen molar-refractivity contribution in [3.05, 3.63) is 75.3 Å². The zero-order valence-corrected chi connectivity index (χ0v) is 30.5. The number of benzene rings is 2. The van der Waals surface area contributed by atoms with Crippen molar-refractivity contribution in [2.24, 2.45) is 17.3 Å². The first kappa shape index (κ1) is 38.2. The molecule has 49 heavy (non-hydrogen) atoms. The smallest absolute Gasteiger partial charge is 0.347 e. The van der Waals surface area contributed by atoms with E-state index >= 15 is 0 Å². The quantitative estimate of drug-likeness (QED) is 0.248. The van der Waals surface area contributed by atoms with Crippen LogP contribution in [0.15, 0.2) is 48.6 Å². The van der Waals surface area contributed by atoms with Gasteiger partial charge in [-0.2, -0.15) is 0 Å². The highest BCUT2D eigenvalue weighted by Crippen LogP contribution is 2.46. The second-order valence-electron chi connectivity index (χ2n) is 13.9. The molecule has 2 aliphatic rings. The molecule has 0 aromatic heterocycles. The number of halogens is 2. The van der Waals surface area contributed by atoms with Crippen LogP contribution in [0.25, 0.3) is 0 Å². The summed E-state index contributed by atoms with van der Waals surface area (Å²) in [7, 11) is 1.50. The average Bonchev–Trinajstić information content (AvgIpc) is 3.82.